The zero-order valence-corrected chi connectivity index (χ0v) is 18.6. The number of amides is 1. The molecule has 1 aromatic heterocycles. The molecule has 0 radical (unpaired) electrons. The molecule has 31 heavy (non-hydrogen) atoms. The van der Waals surface area contributed by atoms with E-state index in [0.29, 0.717) is 13.0 Å². The van der Waals surface area contributed by atoms with Gasteiger partial charge in [-0.05, 0) is 62.0 Å². The molecule has 3 heterocycles. The van der Waals surface area contributed by atoms with Crippen LogP contribution in [0.2, 0.25) is 0 Å². The average molecular weight is 425 g/mol. The first-order valence-electron chi connectivity index (χ1n) is 12.3. The maximum Gasteiger partial charge on any atom is 0.225 e. The summed E-state index contributed by atoms with van der Waals surface area (Å²) in [5.41, 5.74) is 2.25. The Kier molecular flexibility index (Phi) is 5.91. The fourth-order valence-corrected chi connectivity index (χ4v) is 6.18. The number of aliphatic hydroxyl groups excluding tert-OH is 1. The highest BCUT2D eigenvalue weighted by Crippen LogP contribution is 2.48. The van der Waals surface area contributed by atoms with Crippen molar-refractivity contribution in [3.63, 3.8) is 0 Å². The minimum Gasteiger partial charge on any atom is -0.374 e. The lowest BCUT2D eigenvalue weighted by atomic mass is 9.76. The summed E-state index contributed by atoms with van der Waals surface area (Å²) in [6, 6.07) is 8.21. The van der Waals surface area contributed by atoms with Crippen LogP contribution in [0.1, 0.15) is 70.6 Å². The van der Waals surface area contributed by atoms with Gasteiger partial charge in [0.25, 0.3) is 0 Å². The quantitative estimate of drug-likeness (QED) is 0.672. The van der Waals surface area contributed by atoms with E-state index in [2.05, 4.69) is 22.0 Å². The van der Waals surface area contributed by atoms with Crippen LogP contribution in [-0.4, -0.2) is 51.7 Å². The zero-order valence-electron chi connectivity index (χ0n) is 18.6. The third-order valence-electron chi connectivity index (χ3n) is 8.04. The zero-order chi connectivity index (χ0) is 21.3. The Labute approximate surface area is 185 Å². The summed E-state index contributed by atoms with van der Waals surface area (Å²) in [5.74, 6) is 1.93. The third kappa shape index (κ3) is 4.45. The molecule has 6 heteroatoms. The number of piperidine rings is 2. The van der Waals surface area contributed by atoms with Gasteiger partial charge in [-0.15, -0.1) is 0 Å². The van der Waals surface area contributed by atoms with Crippen LogP contribution in [0, 0.1) is 11.3 Å². The Morgan fingerprint density at radius 3 is 2.65 bits per heavy atom. The lowest BCUT2D eigenvalue weighted by Gasteiger charge is -2.42. The number of unbranched alkanes of at least 4 members (excludes halogenated alkanes) is 1. The number of aromatic amines is 1. The Bertz CT molecular complexity index is 863. The van der Waals surface area contributed by atoms with Gasteiger partial charge in [-0.25, -0.2) is 4.98 Å². The summed E-state index contributed by atoms with van der Waals surface area (Å²) in [4.78, 5) is 25.0. The van der Waals surface area contributed by atoms with Gasteiger partial charge in [-0.1, -0.05) is 37.8 Å². The van der Waals surface area contributed by atoms with E-state index >= 15 is 0 Å². The number of nitrogens with one attached hydrogen (secondary N) is 1. The average Bonchev–Trinajstić information content (AvgIpc) is 3.40. The number of hydrogen-bond acceptors (Lipinski definition) is 4. The van der Waals surface area contributed by atoms with Crippen molar-refractivity contribution in [3.8, 4) is 0 Å². The molecule has 6 nitrogen and oxygen atoms in total. The van der Waals surface area contributed by atoms with Crippen molar-refractivity contribution >= 4 is 22.9 Å². The van der Waals surface area contributed by atoms with Gasteiger partial charge in [0.1, 0.15) is 6.23 Å². The summed E-state index contributed by atoms with van der Waals surface area (Å²) in [6.45, 7) is 2.82. The first-order valence-corrected chi connectivity index (χ1v) is 12.3. The topological polar surface area (TPSA) is 72.5 Å². The van der Waals surface area contributed by atoms with Gasteiger partial charge in [0.15, 0.2) is 0 Å². The standard InChI is InChI=1S/C25H36N4O2/c30-22-17-25(12-4-5-13-25)18-23(31)29(22)14-6-3-7-19-10-15-28(16-11-19)24-26-20-8-1-2-9-21(20)27-24/h1-2,8-9,19,22,30H,3-7,10-18H2,(H,26,27). The number of hydrogen-bond donors (Lipinski definition) is 2. The molecule has 1 atom stereocenters. The molecule has 1 aliphatic carbocycles. The summed E-state index contributed by atoms with van der Waals surface area (Å²) >= 11 is 0. The van der Waals surface area contributed by atoms with E-state index in [0.717, 1.165) is 68.1 Å². The number of H-pyrrole nitrogens is 1. The predicted octanol–water partition coefficient (Wildman–Crippen LogP) is 4.45. The van der Waals surface area contributed by atoms with Crippen LogP contribution in [0.5, 0.6) is 0 Å². The van der Waals surface area contributed by atoms with Crippen LogP contribution in [0.15, 0.2) is 24.3 Å². The van der Waals surface area contributed by atoms with E-state index in [4.69, 9.17) is 4.98 Å². The van der Waals surface area contributed by atoms with Gasteiger partial charge >= 0.3 is 0 Å². The molecular weight excluding hydrogens is 388 g/mol. The number of fused-ring (bicyclic) bond motifs is 1. The van der Waals surface area contributed by atoms with E-state index in [1.54, 1.807) is 4.90 Å². The minimum absolute atomic E-state index is 0.112. The van der Waals surface area contributed by atoms with Crippen LogP contribution in [0.25, 0.3) is 11.0 Å². The second-order valence-electron chi connectivity index (χ2n) is 10.2. The van der Waals surface area contributed by atoms with Crippen LogP contribution < -0.4 is 4.90 Å². The molecule has 1 aromatic carbocycles. The SMILES string of the molecule is O=C1CC2(CCCC2)CC(O)N1CCCCC1CCN(c2nc3ccccc3[nH]2)CC1. The van der Waals surface area contributed by atoms with Crippen LogP contribution in [-0.2, 0) is 4.79 Å². The second kappa shape index (κ2) is 8.81. The van der Waals surface area contributed by atoms with Gasteiger partial charge in [0, 0.05) is 26.1 Å². The van der Waals surface area contributed by atoms with Crippen molar-refractivity contribution in [1.29, 1.82) is 0 Å². The molecule has 1 saturated carbocycles. The van der Waals surface area contributed by atoms with Crippen LogP contribution in [0.4, 0.5) is 5.95 Å². The maximum atomic E-state index is 12.6. The number of para-hydroxylation sites is 2. The second-order valence-corrected chi connectivity index (χ2v) is 10.2. The van der Waals surface area contributed by atoms with E-state index in [1.807, 2.05) is 12.1 Å². The Balaban J connectivity index is 1.03. The van der Waals surface area contributed by atoms with Crippen LogP contribution in [0.3, 0.4) is 0 Å². The van der Waals surface area contributed by atoms with E-state index in [1.165, 1.54) is 32.1 Å². The number of imidazole rings is 1. The van der Waals surface area contributed by atoms with Crippen molar-refractivity contribution in [1.82, 2.24) is 14.9 Å². The van der Waals surface area contributed by atoms with Crippen molar-refractivity contribution in [2.24, 2.45) is 11.3 Å². The van der Waals surface area contributed by atoms with Crippen molar-refractivity contribution < 1.29 is 9.90 Å². The summed E-state index contributed by atoms with van der Waals surface area (Å²) in [6.07, 6.45) is 11.3. The van der Waals surface area contributed by atoms with E-state index in [9.17, 15) is 9.90 Å². The van der Waals surface area contributed by atoms with Crippen molar-refractivity contribution in [3.05, 3.63) is 24.3 Å². The number of carbonyl (C=O) groups is 1. The number of benzene rings is 1. The molecular formula is C25H36N4O2. The number of rotatable bonds is 6. The number of aliphatic hydroxyl groups is 1. The highest BCUT2D eigenvalue weighted by Gasteiger charge is 2.44. The summed E-state index contributed by atoms with van der Waals surface area (Å²) in [5, 5.41) is 10.6. The van der Waals surface area contributed by atoms with Crippen LogP contribution >= 0.6 is 0 Å². The smallest absolute Gasteiger partial charge is 0.225 e. The van der Waals surface area contributed by atoms with E-state index < -0.39 is 6.23 Å². The number of anilines is 1. The fourth-order valence-electron chi connectivity index (χ4n) is 6.18. The van der Waals surface area contributed by atoms with Gasteiger partial charge < -0.3 is 19.9 Å². The van der Waals surface area contributed by atoms with Crippen molar-refractivity contribution in [2.45, 2.75) is 76.9 Å². The summed E-state index contributed by atoms with van der Waals surface area (Å²) in [7, 11) is 0. The maximum absolute atomic E-state index is 12.6. The van der Waals surface area contributed by atoms with Gasteiger partial charge in [-0.3, -0.25) is 4.79 Å². The highest BCUT2D eigenvalue weighted by atomic mass is 16.3. The lowest BCUT2D eigenvalue weighted by Crippen LogP contribution is -2.50. The molecule has 2 aromatic rings. The molecule has 2 aliphatic heterocycles. The number of nitrogens with zero attached hydrogens (tertiary/aromatic N) is 3. The predicted molar refractivity (Wildman–Crippen MR) is 123 cm³/mol. The summed E-state index contributed by atoms with van der Waals surface area (Å²) < 4.78 is 0. The van der Waals surface area contributed by atoms with Gasteiger partial charge in [-0.2, -0.15) is 0 Å². The largest absolute Gasteiger partial charge is 0.374 e. The molecule has 0 bridgehead atoms. The Hall–Kier alpha value is -2.08. The number of carbonyl (C=O) groups excluding carboxylic acids is 1. The molecule has 2 N–H and O–H groups in total. The number of likely N-dealkylation sites (tertiary alicyclic amines) is 1. The molecule has 3 fully saturated rings. The fraction of sp³-hybridized carbons (Fsp3) is 0.680. The normalized spacial score (nSPS) is 24.5. The third-order valence-corrected chi connectivity index (χ3v) is 8.04. The molecule has 1 unspecified atom stereocenters. The molecule has 168 valence electrons. The number of aromatic nitrogens is 2. The Morgan fingerprint density at radius 2 is 1.90 bits per heavy atom. The van der Waals surface area contributed by atoms with Crippen molar-refractivity contribution in [2.75, 3.05) is 24.5 Å². The lowest BCUT2D eigenvalue weighted by molar-refractivity contribution is -0.156. The highest BCUT2D eigenvalue weighted by molar-refractivity contribution is 5.78. The molecule has 2 saturated heterocycles. The molecule has 5 rings (SSSR count). The Morgan fingerprint density at radius 1 is 1.13 bits per heavy atom. The van der Waals surface area contributed by atoms with Gasteiger partial charge in [0.2, 0.25) is 11.9 Å². The van der Waals surface area contributed by atoms with Gasteiger partial charge in [0.05, 0.1) is 11.0 Å². The van der Waals surface area contributed by atoms with E-state index in [-0.39, 0.29) is 11.3 Å². The molecule has 1 amide bonds. The molecule has 1 spiro atoms. The minimum atomic E-state index is -0.564. The monoisotopic (exact) mass is 424 g/mol. The first kappa shape index (κ1) is 20.8. The first-order chi connectivity index (χ1) is 15.1. The molecule has 3 aliphatic rings.